The minimum atomic E-state index is -3.65. The van der Waals surface area contributed by atoms with E-state index >= 15 is 0 Å². The first-order valence-corrected chi connectivity index (χ1v) is 12.5. The number of piperidine rings is 1. The maximum atomic E-state index is 14.4. The third kappa shape index (κ3) is 5.06. The summed E-state index contributed by atoms with van der Waals surface area (Å²) in [4.78, 5) is 14.4. The molecule has 1 heterocycles. The molecule has 2 aromatic rings. The van der Waals surface area contributed by atoms with Gasteiger partial charge in [0.1, 0.15) is 11.6 Å². The van der Waals surface area contributed by atoms with Crippen LogP contribution in [0.5, 0.6) is 0 Å². The van der Waals surface area contributed by atoms with E-state index < -0.39 is 52.4 Å². The van der Waals surface area contributed by atoms with Crippen molar-refractivity contribution in [3.63, 3.8) is 0 Å². The zero-order chi connectivity index (χ0) is 24.0. The van der Waals surface area contributed by atoms with Crippen molar-refractivity contribution in [3.8, 4) is 11.1 Å². The van der Waals surface area contributed by atoms with E-state index in [-0.39, 0.29) is 30.5 Å². The quantitative estimate of drug-likeness (QED) is 0.635. The molecule has 4 rings (SSSR count). The Hall–Kier alpha value is -2.46. The number of rotatable bonds is 6. The van der Waals surface area contributed by atoms with Crippen LogP contribution in [-0.4, -0.2) is 51.0 Å². The lowest BCUT2D eigenvalue weighted by atomic mass is 9.92. The molecule has 2 aliphatic rings. The highest BCUT2D eigenvalue weighted by Gasteiger charge is 2.51. The number of hydrogen-bond donors (Lipinski definition) is 1. The van der Waals surface area contributed by atoms with Gasteiger partial charge in [0.05, 0.1) is 17.7 Å². The summed E-state index contributed by atoms with van der Waals surface area (Å²) < 4.78 is 82.1. The molecule has 5 nitrogen and oxygen atoms in total. The predicted octanol–water partition coefficient (Wildman–Crippen LogP) is 3.77. The van der Waals surface area contributed by atoms with Gasteiger partial charge in [0.15, 0.2) is 0 Å². The van der Waals surface area contributed by atoms with Crippen molar-refractivity contribution in [2.45, 2.75) is 24.7 Å². The molecule has 1 aliphatic heterocycles. The van der Waals surface area contributed by atoms with Crippen LogP contribution in [0.4, 0.5) is 17.6 Å². The fourth-order valence-corrected chi connectivity index (χ4v) is 5.00. The Morgan fingerprint density at radius 3 is 2.45 bits per heavy atom. The van der Waals surface area contributed by atoms with Gasteiger partial charge in [-0.15, -0.1) is 0 Å². The summed E-state index contributed by atoms with van der Waals surface area (Å²) in [5, 5.41) is 0. The molecule has 10 heteroatoms. The highest BCUT2D eigenvalue weighted by molar-refractivity contribution is 7.88. The van der Waals surface area contributed by atoms with Crippen LogP contribution < -0.4 is 4.72 Å². The Kier molecular flexibility index (Phi) is 6.26. The molecule has 1 aliphatic carbocycles. The van der Waals surface area contributed by atoms with Gasteiger partial charge in [-0.2, -0.15) is 0 Å². The minimum absolute atomic E-state index is 0.131. The van der Waals surface area contributed by atoms with Gasteiger partial charge in [-0.25, -0.2) is 30.7 Å². The minimum Gasteiger partial charge on any atom is -0.342 e. The molecule has 33 heavy (non-hydrogen) atoms. The van der Waals surface area contributed by atoms with E-state index in [2.05, 4.69) is 4.72 Å². The maximum Gasteiger partial charge on any atom is 0.255 e. The van der Waals surface area contributed by atoms with E-state index in [1.807, 2.05) is 0 Å². The molecule has 0 spiro atoms. The van der Waals surface area contributed by atoms with Crippen LogP contribution in [0.25, 0.3) is 11.1 Å². The normalized spacial score (nSPS) is 24.5. The van der Waals surface area contributed by atoms with Crippen molar-refractivity contribution in [2.75, 3.05) is 25.9 Å². The summed E-state index contributed by atoms with van der Waals surface area (Å²) in [6, 6.07) is 10.3. The molecular formula is C23H24F4N2O3S. The largest absolute Gasteiger partial charge is 0.342 e. The number of sulfonamides is 1. The van der Waals surface area contributed by atoms with Gasteiger partial charge < -0.3 is 4.90 Å². The molecule has 0 bridgehead atoms. The van der Waals surface area contributed by atoms with Crippen LogP contribution in [-0.2, 0) is 14.8 Å². The number of nitrogens with zero attached hydrogens (tertiary/aromatic N) is 1. The molecule has 2 fully saturated rings. The van der Waals surface area contributed by atoms with Gasteiger partial charge in [-0.1, -0.05) is 30.3 Å². The Labute approximate surface area is 189 Å². The van der Waals surface area contributed by atoms with Crippen molar-refractivity contribution in [1.29, 1.82) is 0 Å². The van der Waals surface area contributed by atoms with Crippen LogP contribution in [0.3, 0.4) is 0 Å². The summed E-state index contributed by atoms with van der Waals surface area (Å²) in [6.45, 7) is -0.853. The van der Waals surface area contributed by atoms with E-state index in [1.165, 1.54) is 23.1 Å². The lowest BCUT2D eigenvalue weighted by Gasteiger charge is -2.38. The van der Waals surface area contributed by atoms with Gasteiger partial charge >= 0.3 is 0 Å². The Bertz CT molecular complexity index is 1150. The number of halogens is 4. The SMILES string of the molecule is CS(=O)(=O)NC[C@H]1CN(C(=O)[C@@H]2C[C@H]2c2ccccc2-c2c(F)cccc2F)CCC1(F)F. The van der Waals surface area contributed by atoms with E-state index in [4.69, 9.17) is 0 Å². The standard InChI is InChI=1S/C23H24F4N2O3S/c1-33(31,32)28-12-14-13-29(10-9-23(14,26)27)22(30)18-11-17(18)15-5-2-3-6-16(15)21-19(24)7-4-8-20(21)25/h2-8,14,17-18,28H,9-13H2,1H3/t14-,17-,18+/m0/s1. The maximum absolute atomic E-state index is 14.4. The zero-order valence-corrected chi connectivity index (χ0v) is 18.7. The van der Waals surface area contributed by atoms with Crippen molar-refractivity contribution in [2.24, 2.45) is 11.8 Å². The first-order chi connectivity index (χ1) is 15.5. The summed E-state index contributed by atoms with van der Waals surface area (Å²) in [5.74, 6) is -6.88. The molecular weight excluding hydrogens is 460 g/mol. The molecule has 1 amide bonds. The highest BCUT2D eigenvalue weighted by Crippen LogP contribution is 2.52. The van der Waals surface area contributed by atoms with Gasteiger partial charge in [0, 0.05) is 32.0 Å². The summed E-state index contributed by atoms with van der Waals surface area (Å²) in [6.07, 6.45) is 0.788. The van der Waals surface area contributed by atoms with Gasteiger partial charge in [0.2, 0.25) is 15.9 Å². The zero-order valence-electron chi connectivity index (χ0n) is 17.9. The van der Waals surface area contributed by atoms with Gasteiger partial charge in [0.25, 0.3) is 5.92 Å². The second kappa shape index (κ2) is 8.72. The van der Waals surface area contributed by atoms with Crippen molar-refractivity contribution < 1.29 is 30.8 Å². The molecule has 1 N–H and O–H groups in total. The number of hydrogen-bond acceptors (Lipinski definition) is 3. The number of benzene rings is 2. The molecule has 0 aromatic heterocycles. The average molecular weight is 485 g/mol. The Morgan fingerprint density at radius 1 is 1.12 bits per heavy atom. The van der Waals surface area contributed by atoms with Crippen molar-refractivity contribution in [1.82, 2.24) is 9.62 Å². The van der Waals surface area contributed by atoms with Crippen molar-refractivity contribution in [3.05, 3.63) is 59.7 Å². The fourth-order valence-electron chi connectivity index (χ4n) is 4.49. The first-order valence-electron chi connectivity index (χ1n) is 10.6. The fraction of sp³-hybridized carbons (Fsp3) is 0.435. The lowest BCUT2D eigenvalue weighted by molar-refractivity contribution is -0.146. The molecule has 1 saturated heterocycles. The monoisotopic (exact) mass is 484 g/mol. The van der Waals surface area contributed by atoms with E-state index in [9.17, 15) is 30.8 Å². The van der Waals surface area contributed by atoms with Crippen LogP contribution in [0, 0.1) is 23.5 Å². The summed E-state index contributed by atoms with van der Waals surface area (Å²) in [5.41, 5.74) is 0.849. The summed E-state index contributed by atoms with van der Waals surface area (Å²) in [7, 11) is -3.65. The molecule has 0 unspecified atom stereocenters. The first kappa shape index (κ1) is 23.7. The number of alkyl halides is 2. The smallest absolute Gasteiger partial charge is 0.255 e. The number of likely N-dealkylation sites (tertiary alicyclic amines) is 1. The van der Waals surface area contributed by atoms with E-state index in [1.54, 1.807) is 24.3 Å². The Balaban J connectivity index is 1.51. The van der Waals surface area contributed by atoms with Crippen LogP contribution in [0.1, 0.15) is 24.3 Å². The van der Waals surface area contributed by atoms with Crippen molar-refractivity contribution >= 4 is 15.9 Å². The molecule has 2 aromatic carbocycles. The molecule has 3 atom stereocenters. The summed E-state index contributed by atoms with van der Waals surface area (Å²) >= 11 is 0. The van der Waals surface area contributed by atoms with Gasteiger partial charge in [-0.3, -0.25) is 4.79 Å². The number of carbonyl (C=O) groups excluding carboxylic acids is 1. The van der Waals surface area contributed by atoms with Crippen LogP contribution >= 0.6 is 0 Å². The molecule has 1 saturated carbocycles. The third-order valence-electron chi connectivity index (χ3n) is 6.36. The molecule has 0 radical (unpaired) electrons. The average Bonchev–Trinajstić information content (AvgIpc) is 3.52. The van der Waals surface area contributed by atoms with Gasteiger partial charge in [-0.05, 0) is 35.6 Å². The van der Waals surface area contributed by atoms with E-state index in [0.29, 0.717) is 17.5 Å². The number of carbonyl (C=O) groups is 1. The van der Waals surface area contributed by atoms with Crippen LogP contribution in [0.2, 0.25) is 0 Å². The second-order valence-electron chi connectivity index (χ2n) is 8.75. The number of nitrogens with one attached hydrogen (secondary N) is 1. The van der Waals surface area contributed by atoms with E-state index in [0.717, 1.165) is 6.26 Å². The third-order valence-corrected chi connectivity index (χ3v) is 7.05. The highest BCUT2D eigenvalue weighted by atomic mass is 32.2. The van der Waals surface area contributed by atoms with Crippen LogP contribution in [0.15, 0.2) is 42.5 Å². The molecule has 178 valence electrons. The number of amides is 1. The second-order valence-corrected chi connectivity index (χ2v) is 10.6. The topological polar surface area (TPSA) is 66.5 Å². The lowest BCUT2D eigenvalue weighted by Crippen LogP contribution is -2.53. The predicted molar refractivity (Wildman–Crippen MR) is 115 cm³/mol. The Morgan fingerprint density at radius 2 is 1.79 bits per heavy atom.